The zero-order valence-corrected chi connectivity index (χ0v) is 10.4. The molecule has 0 atom stereocenters. The molecule has 0 aliphatic carbocycles. The number of ether oxygens (including phenoxy) is 1. The topological polar surface area (TPSA) is 65.5 Å². The van der Waals surface area contributed by atoms with Crippen molar-refractivity contribution in [3.63, 3.8) is 0 Å². The van der Waals surface area contributed by atoms with Crippen LogP contribution in [0.25, 0.3) is 0 Å². The van der Waals surface area contributed by atoms with Crippen molar-refractivity contribution in [1.82, 2.24) is 5.16 Å². The third-order valence-electron chi connectivity index (χ3n) is 2.29. The fourth-order valence-electron chi connectivity index (χ4n) is 1.43. The lowest BCUT2D eigenvalue weighted by atomic mass is 10.1. The van der Waals surface area contributed by atoms with Crippen LogP contribution in [0.2, 0.25) is 0 Å². The SMILES string of the molecule is CC(C)COc1ccc(Cc2noc(=O)o2)cc1. The number of aromatic nitrogens is 1. The molecular formula is C13H15NO4. The first-order chi connectivity index (χ1) is 8.63. The van der Waals surface area contributed by atoms with Gasteiger partial charge in [-0.3, -0.25) is 4.52 Å². The minimum absolute atomic E-state index is 0.274. The Kier molecular flexibility index (Phi) is 3.82. The average Bonchev–Trinajstić information content (AvgIpc) is 2.74. The summed E-state index contributed by atoms with van der Waals surface area (Å²) in [7, 11) is 0. The molecule has 0 N–H and O–H groups in total. The van der Waals surface area contributed by atoms with Crippen LogP contribution in [0, 0.1) is 5.92 Å². The van der Waals surface area contributed by atoms with Crippen LogP contribution in [-0.2, 0) is 6.42 Å². The maximum Gasteiger partial charge on any atom is 0.542 e. The van der Waals surface area contributed by atoms with Crippen molar-refractivity contribution in [2.75, 3.05) is 6.61 Å². The molecule has 18 heavy (non-hydrogen) atoms. The first-order valence-corrected chi connectivity index (χ1v) is 5.81. The van der Waals surface area contributed by atoms with Crippen molar-refractivity contribution in [3.8, 4) is 5.75 Å². The highest BCUT2D eigenvalue weighted by atomic mass is 16.6. The van der Waals surface area contributed by atoms with Crippen molar-refractivity contribution in [2.45, 2.75) is 20.3 Å². The molecule has 0 bridgehead atoms. The van der Waals surface area contributed by atoms with Gasteiger partial charge in [-0.05, 0) is 28.8 Å². The summed E-state index contributed by atoms with van der Waals surface area (Å²) in [6.07, 6.45) is 0.427. The van der Waals surface area contributed by atoms with Crippen molar-refractivity contribution in [2.24, 2.45) is 5.92 Å². The second-order valence-corrected chi connectivity index (χ2v) is 4.45. The van der Waals surface area contributed by atoms with Gasteiger partial charge >= 0.3 is 5.82 Å². The predicted octanol–water partition coefficient (Wildman–Crippen LogP) is 2.25. The van der Waals surface area contributed by atoms with Gasteiger partial charge in [-0.2, -0.15) is 0 Å². The van der Waals surface area contributed by atoms with Gasteiger partial charge < -0.3 is 9.15 Å². The van der Waals surface area contributed by atoms with Gasteiger partial charge in [-0.1, -0.05) is 26.0 Å². The average molecular weight is 249 g/mol. The summed E-state index contributed by atoms with van der Waals surface area (Å²) in [5.74, 6) is 0.820. The lowest BCUT2D eigenvalue weighted by Gasteiger charge is -2.08. The maximum absolute atomic E-state index is 10.7. The monoisotopic (exact) mass is 249 g/mol. The Hall–Kier alpha value is -2.04. The van der Waals surface area contributed by atoms with E-state index in [0.29, 0.717) is 18.9 Å². The second-order valence-electron chi connectivity index (χ2n) is 4.45. The Morgan fingerprint density at radius 1 is 1.28 bits per heavy atom. The molecule has 0 radical (unpaired) electrons. The molecule has 1 aromatic carbocycles. The fraction of sp³-hybridized carbons (Fsp3) is 0.385. The molecule has 2 aromatic rings. The number of nitrogens with zero attached hydrogens (tertiary/aromatic N) is 1. The fourth-order valence-corrected chi connectivity index (χ4v) is 1.43. The maximum atomic E-state index is 10.7. The molecule has 0 aliphatic rings. The molecule has 0 unspecified atom stereocenters. The molecule has 5 heteroatoms. The molecule has 0 saturated carbocycles. The Labute approximate surface area is 104 Å². The molecule has 0 amide bonds. The number of rotatable bonds is 5. The third kappa shape index (κ3) is 3.48. The third-order valence-corrected chi connectivity index (χ3v) is 2.29. The summed E-state index contributed by atoms with van der Waals surface area (Å²) < 4.78 is 14.6. The zero-order valence-electron chi connectivity index (χ0n) is 10.4. The quantitative estimate of drug-likeness (QED) is 0.813. The molecule has 0 saturated heterocycles. The number of benzene rings is 1. The summed E-state index contributed by atoms with van der Waals surface area (Å²) in [6, 6.07) is 7.58. The summed E-state index contributed by atoms with van der Waals surface area (Å²) in [6.45, 7) is 4.89. The second kappa shape index (κ2) is 5.53. The first-order valence-electron chi connectivity index (χ1n) is 5.81. The van der Waals surface area contributed by atoms with E-state index in [0.717, 1.165) is 11.3 Å². The minimum atomic E-state index is -0.776. The number of hydrogen-bond donors (Lipinski definition) is 0. The van der Waals surface area contributed by atoms with Crippen LogP contribution in [0.1, 0.15) is 25.3 Å². The molecule has 1 aromatic heterocycles. The molecule has 5 nitrogen and oxygen atoms in total. The van der Waals surface area contributed by atoms with Crippen LogP contribution in [0.15, 0.2) is 38.0 Å². The van der Waals surface area contributed by atoms with Gasteiger partial charge in [-0.15, -0.1) is 0 Å². The largest absolute Gasteiger partial charge is 0.542 e. The van der Waals surface area contributed by atoms with Crippen LogP contribution in [0.5, 0.6) is 5.75 Å². The van der Waals surface area contributed by atoms with Crippen molar-refractivity contribution in [1.29, 1.82) is 0 Å². The van der Waals surface area contributed by atoms with Crippen molar-refractivity contribution < 1.29 is 13.7 Å². The molecule has 1 heterocycles. The van der Waals surface area contributed by atoms with Gasteiger partial charge in [0, 0.05) is 0 Å². The molecule has 0 spiro atoms. The Morgan fingerprint density at radius 2 is 2.00 bits per heavy atom. The van der Waals surface area contributed by atoms with E-state index in [1.165, 1.54) is 0 Å². The molecular weight excluding hydrogens is 234 g/mol. The molecule has 96 valence electrons. The Balaban J connectivity index is 1.97. The van der Waals surface area contributed by atoms with E-state index in [4.69, 9.17) is 9.15 Å². The minimum Gasteiger partial charge on any atom is -0.493 e. The van der Waals surface area contributed by atoms with Gasteiger partial charge in [0.25, 0.3) is 0 Å². The van der Waals surface area contributed by atoms with Crippen LogP contribution in [0.4, 0.5) is 0 Å². The smallest absolute Gasteiger partial charge is 0.493 e. The summed E-state index contributed by atoms with van der Waals surface area (Å²) in [5.41, 5.74) is 0.976. The zero-order chi connectivity index (χ0) is 13.0. The summed E-state index contributed by atoms with van der Waals surface area (Å²) >= 11 is 0. The van der Waals surface area contributed by atoms with Gasteiger partial charge in [0.2, 0.25) is 5.89 Å². The summed E-state index contributed by atoms with van der Waals surface area (Å²) in [4.78, 5) is 10.7. The van der Waals surface area contributed by atoms with E-state index in [1.807, 2.05) is 24.3 Å². The predicted molar refractivity (Wildman–Crippen MR) is 64.6 cm³/mol. The van der Waals surface area contributed by atoms with E-state index in [2.05, 4.69) is 23.5 Å². The highest BCUT2D eigenvalue weighted by Gasteiger charge is 2.05. The van der Waals surface area contributed by atoms with Crippen LogP contribution in [0.3, 0.4) is 0 Å². The van der Waals surface area contributed by atoms with Crippen LogP contribution < -0.4 is 10.6 Å². The van der Waals surface area contributed by atoms with E-state index in [-0.39, 0.29) is 5.89 Å². The first kappa shape index (κ1) is 12.4. The van der Waals surface area contributed by atoms with E-state index in [9.17, 15) is 4.79 Å². The van der Waals surface area contributed by atoms with Crippen molar-refractivity contribution in [3.05, 3.63) is 46.3 Å². The molecule has 2 rings (SSSR count). The lowest BCUT2D eigenvalue weighted by molar-refractivity contribution is 0.271. The Bertz CT molecular complexity index is 539. The Morgan fingerprint density at radius 3 is 2.56 bits per heavy atom. The number of hydrogen-bond acceptors (Lipinski definition) is 5. The normalized spacial score (nSPS) is 10.8. The van der Waals surface area contributed by atoms with Crippen LogP contribution in [-0.4, -0.2) is 11.8 Å². The van der Waals surface area contributed by atoms with E-state index >= 15 is 0 Å². The van der Waals surface area contributed by atoms with E-state index in [1.54, 1.807) is 0 Å². The van der Waals surface area contributed by atoms with Crippen LogP contribution >= 0.6 is 0 Å². The van der Waals surface area contributed by atoms with Crippen molar-refractivity contribution >= 4 is 0 Å². The standard InChI is InChI=1S/C13H15NO4/c1-9(2)8-16-11-5-3-10(4-6-11)7-12-14-18-13(15)17-12/h3-6,9H,7-8H2,1-2H3. The molecule has 0 fully saturated rings. The van der Waals surface area contributed by atoms with Gasteiger partial charge in [-0.25, -0.2) is 4.79 Å². The highest BCUT2D eigenvalue weighted by Crippen LogP contribution is 2.15. The lowest BCUT2D eigenvalue weighted by Crippen LogP contribution is -2.04. The van der Waals surface area contributed by atoms with Gasteiger partial charge in [0.1, 0.15) is 5.75 Å². The molecule has 0 aliphatic heterocycles. The van der Waals surface area contributed by atoms with E-state index < -0.39 is 5.82 Å². The highest BCUT2D eigenvalue weighted by molar-refractivity contribution is 5.28. The summed E-state index contributed by atoms with van der Waals surface area (Å²) in [5, 5.41) is 3.51. The van der Waals surface area contributed by atoms with Gasteiger partial charge in [0.05, 0.1) is 13.0 Å². The van der Waals surface area contributed by atoms with Gasteiger partial charge in [0.15, 0.2) is 0 Å².